The first-order chi connectivity index (χ1) is 9.67. The average molecular weight is 274 g/mol. The molecule has 1 saturated carbocycles. The summed E-state index contributed by atoms with van der Waals surface area (Å²) in [5.74, 6) is 0.885. The van der Waals surface area contributed by atoms with Crippen LogP contribution < -0.4 is 10.6 Å². The van der Waals surface area contributed by atoms with Gasteiger partial charge in [-0.05, 0) is 43.4 Å². The van der Waals surface area contributed by atoms with Gasteiger partial charge in [-0.15, -0.1) is 0 Å². The van der Waals surface area contributed by atoms with E-state index in [2.05, 4.69) is 17.6 Å². The number of benzene rings is 1. The molecule has 0 aromatic heterocycles. The molecule has 3 heteroatoms. The fraction of sp³-hybridized carbons (Fsp3) is 0.588. The van der Waals surface area contributed by atoms with Crippen molar-refractivity contribution in [3.63, 3.8) is 0 Å². The molecule has 0 saturated heterocycles. The van der Waals surface area contributed by atoms with Gasteiger partial charge in [0.2, 0.25) is 5.91 Å². The summed E-state index contributed by atoms with van der Waals surface area (Å²) in [6, 6.07) is 8.42. The Morgan fingerprint density at radius 3 is 2.95 bits per heavy atom. The molecular formula is C17H26N2O. The first-order valence-electron chi connectivity index (χ1n) is 7.77. The number of nitrogens with one attached hydrogen (secondary N) is 2. The molecule has 0 aliphatic heterocycles. The van der Waals surface area contributed by atoms with Crippen LogP contribution in [0.1, 0.15) is 44.6 Å². The smallest absolute Gasteiger partial charge is 0.238 e. The van der Waals surface area contributed by atoms with E-state index in [0.717, 1.165) is 17.2 Å². The third kappa shape index (κ3) is 4.64. The second-order valence-corrected chi connectivity index (χ2v) is 5.94. The molecule has 0 bridgehead atoms. The van der Waals surface area contributed by atoms with Crippen molar-refractivity contribution < 1.29 is 4.79 Å². The van der Waals surface area contributed by atoms with Crippen molar-refractivity contribution in [2.45, 2.75) is 52.0 Å². The fourth-order valence-corrected chi connectivity index (χ4v) is 3.01. The summed E-state index contributed by atoms with van der Waals surface area (Å²) in [7, 11) is 0. The van der Waals surface area contributed by atoms with Crippen LogP contribution in [0.25, 0.3) is 0 Å². The first kappa shape index (κ1) is 15.0. The normalized spacial score (nSPS) is 22.5. The summed E-state index contributed by atoms with van der Waals surface area (Å²) >= 11 is 0. The Balaban J connectivity index is 1.75. The molecule has 2 N–H and O–H groups in total. The van der Waals surface area contributed by atoms with Gasteiger partial charge in [-0.1, -0.05) is 38.3 Å². The van der Waals surface area contributed by atoms with E-state index in [1.165, 1.54) is 32.1 Å². The van der Waals surface area contributed by atoms with Crippen LogP contribution in [0.5, 0.6) is 0 Å². The standard InChI is InChI=1S/C17H26N2O/c1-3-14-7-5-8-15(11-14)18-12-17(20)19-16-9-4-6-13(2)10-16/h4,6,9-10,14-15,18H,3,5,7-8,11-12H2,1-2H3,(H,19,20). The summed E-state index contributed by atoms with van der Waals surface area (Å²) in [6.07, 6.45) is 6.32. The monoisotopic (exact) mass is 274 g/mol. The SMILES string of the molecule is CCC1CCCC(NCC(=O)Nc2cccc(C)c2)C1. The lowest BCUT2D eigenvalue weighted by Gasteiger charge is -2.29. The zero-order chi connectivity index (χ0) is 14.4. The molecule has 2 rings (SSSR count). The van der Waals surface area contributed by atoms with E-state index in [-0.39, 0.29) is 5.91 Å². The van der Waals surface area contributed by atoms with Gasteiger partial charge in [-0.25, -0.2) is 0 Å². The van der Waals surface area contributed by atoms with Crippen LogP contribution in [0.4, 0.5) is 5.69 Å². The third-order valence-corrected chi connectivity index (χ3v) is 4.21. The van der Waals surface area contributed by atoms with Crippen LogP contribution >= 0.6 is 0 Å². The molecular weight excluding hydrogens is 248 g/mol. The van der Waals surface area contributed by atoms with Gasteiger partial charge in [-0.3, -0.25) is 4.79 Å². The Hall–Kier alpha value is -1.35. The van der Waals surface area contributed by atoms with Gasteiger partial charge in [0.15, 0.2) is 0 Å². The van der Waals surface area contributed by atoms with Crippen molar-refractivity contribution in [1.29, 1.82) is 0 Å². The second kappa shape index (κ2) is 7.44. The highest BCUT2D eigenvalue weighted by Crippen LogP contribution is 2.26. The number of rotatable bonds is 5. The van der Waals surface area contributed by atoms with Crippen molar-refractivity contribution in [3.05, 3.63) is 29.8 Å². The minimum absolute atomic E-state index is 0.0502. The number of carbonyl (C=O) groups excluding carboxylic acids is 1. The van der Waals surface area contributed by atoms with Crippen LogP contribution in [0.15, 0.2) is 24.3 Å². The summed E-state index contributed by atoms with van der Waals surface area (Å²) < 4.78 is 0. The summed E-state index contributed by atoms with van der Waals surface area (Å²) in [5.41, 5.74) is 2.04. The van der Waals surface area contributed by atoms with E-state index < -0.39 is 0 Å². The van der Waals surface area contributed by atoms with Gasteiger partial charge < -0.3 is 10.6 Å². The minimum Gasteiger partial charge on any atom is -0.325 e. The van der Waals surface area contributed by atoms with Crippen molar-refractivity contribution in [1.82, 2.24) is 5.32 Å². The number of hydrogen-bond acceptors (Lipinski definition) is 2. The molecule has 1 amide bonds. The van der Waals surface area contributed by atoms with Crippen LogP contribution in [-0.2, 0) is 4.79 Å². The van der Waals surface area contributed by atoms with Crippen LogP contribution in [0.3, 0.4) is 0 Å². The highest BCUT2D eigenvalue weighted by Gasteiger charge is 2.20. The molecule has 1 aromatic carbocycles. The molecule has 0 heterocycles. The Morgan fingerprint density at radius 1 is 1.35 bits per heavy atom. The van der Waals surface area contributed by atoms with Gasteiger partial charge in [0.25, 0.3) is 0 Å². The fourth-order valence-electron chi connectivity index (χ4n) is 3.01. The largest absolute Gasteiger partial charge is 0.325 e. The topological polar surface area (TPSA) is 41.1 Å². The Labute approximate surface area is 122 Å². The molecule has 3 nitrogen and oxygen atoms in total. The van der Waals surface area contributed by atoms with Gasteiger partial charge in [0.05, 0.1) is 6.54 Å². The van der Waals surface area contributed by atoms with Crippen LogP contribution in [0.2, 0.25) is 0 Å². The van der Waals surface area contributed by atoms with E-state index in [9.17, 15) is 4.79 Å². The Morgan fingerprint density at radius 2 is 2.20 bits per heavy atom. The van der Waals surface area contributed by atoms with Crippen molar-refractivity contribution in [2.75, 3.05) is 11.9 Å². The van der Waals surface area contributed by atoms with Gasteiger partial charge >= 0.3 is 0 Å². The summed E-state index contributed by atoms with van der Waals surface area (Å²) in [4.78, 5) is 11.9. The summed E-state index contributed by atoms with van der Waals surface area (Å²) in [6.45, 7) is 4.70. The molecule has 2 atom stereocenters. The van der Waals surface area contributed by atoms with Crippen molar-refractivity contribution in [2.24, 2.45) is 5.92 Å². The van der Waals surface area contributed by atoms with Crippen LogP contribution in [0, 0.1) is 12.8 Å². The maximum Gasteiger partial charge on any atom is 0.238 e. The molecule has 110 valence electrons. The van der Waals surface area contributed by atoms with E-state index >= 15 is 0 Å². The van der Waals surface area contributed by atoms with Gasteiger partial charge in [0.1, 0.15) is 0 Å². The first-order valence-corrected chi connectivity index (χ1v) is 7.77. The molecule has 20 heavy (non-hydrogen) atoms. The maximum absolute atomic E-state index is 11.9. The predicted octanol–water partition coefficient (Wildman–Crippen LogP) is 3.49. The second-order valence-electron chi connectivity index (χ2n) is 5.94. The van der Waals surface area contributed by atoms with E-state index in [4.69, 9.17) is 0 Å². The van der Waals surface area contributed by atoms with E-state index in [0.29, 0.717) is 12.6 Å². The lowest BCUT2D eigenvalue weighted by Crippen LogP contribution is -2.39. The molecule has 1 aliphatic carbocycles. The Kier molecular flexibility index (Phi) is 5.60. The molecule has 0 radical (unpaired) electrons. The minimum atomic E-state index is 0.0502. The number of aryl methyl sites for hydroxylation is 1. The molecule has 2 unspecified atom stereocenters. The van der Waals surface area contributed by atoms with E-state index in [1.54, 1.807) is 0 Å². The van der Waals surface area contributed by atoms with Crippen LogP contribution in [-0.4, -0.2) is 18.5 Å². The average Bonchev–Trinajstić information content (AvgIpc) is 2.45. The predicted molar refractivity (Wildman–Crippen MR) is 83.8 cm³/mol. The number of amides is 1. The maximum atomic E-state index is 11.9. The van der Waals surface area contributed by atoms with Crippen molar-refractivity contribution in [3.8, 4) is 0 Å². The third-order valence-electron chi connectivity index (χ3n) is 4.21. The van der Waals surface area contributed by atoms with Crippen molar-refractivity contribution >= 4 is 11.6 Å². The Bertz CT molecular complexity index is 444. The number of hydrogen-bond donors (Lipinski definition) is 2. The van der Waals surface area contributed by atoms with E-state index in [1.807, 2.05) is 31.2 Å². The van der Waals surface area contributed by atoms with Gasteiger partial charge in [0, 0.05) is 11.7 Å². The molecule has 0 spiro atoms. The summed E-state index contributed by atoms with van der Waals surface area (Å²) in [5, 5.41) is 6.35. The molecule has 1 fully saturated rings. The lowest BCUT2D eigenvalue weighted by atomic mass is 9.84. The molecule has 1 aliphatic rings. The van der Waals surface area contributed by atoms with Gasteiger partial charge in [-0.2, -0.15) is 0 Å². The number of anilines is 1. The zero-order valence-electron chi connectivity index (χ0n) is 12.6. The number of carbonyl (C=O) groups is 1. The quantitative estimate of drug-likeness (QED) is 0.863. The highest BCUT2D eigenvalue weighted by atomic mass is 16.1. The zero-order valence-corrected chi connectivity index (χ0v) is 12.6. The lowest BCUT2D eigenvalue weighted by molar-refractivity contribution is -0.115. The highest BCUT2D eigenvalue weighted by molar-refractivity contribution is 5.92. The molecule has 1 aromatic rings.